The Morgan fingerprint density at radius 3 is 3.08 bits per heavy atom. The van der Waals surface area contributed by atoms with Crippen molar-refractivity contribution >= 4 is 27.7 Å². The summed E-state index contributed by atoms with van der Waals surface area (Å²) in [5.41, 5.74) is 0.977. The third-order valence-electron chi connectivity index (χ3n) is 1.70. The van der Waals surface area contributed by atoms with Gasteiger partial charge in [0.2, 0.25) is 0 Å². The van der Waals surface area contributed by atoms with E-state index in [2.05, 4.69) is 9.36 Å². The maximum atomic E-state index is 10.8. The van der Waals surface area contributed by atoms with Crippen LogP contribution in [0, 0.1) is 6.92 Å². The van der Waals surface area contributed by atoms with Crippen molar-refractivity contribution in [2.24, 2.45) is 0 Å². The van der Waals surface area contributed by atoms with Gasteiger partial charge in [-0.15, -0.1) is 0 Å². The quantitative estimate of drug-likeness (QED) is 0.750. The van der Waals surface area contributed by atoms with Crippen LogP contribution in [-0.4, -0.2) is 20.4 Å². The number of fused-ring (bicyclic) bond motifs is 1. The van der Waals surface area contributed by atoms with Crippen LogP contribution in [0.3, 0.4) is 0 Å². The van der Waals surface area contributed by atoms with Gasteiger partial charge in [-0.3, -0.25) is 0 Å². The third kappa shape index (κ3) is 1.27. The average Bonchev–Trinajstić information content (AvgIpc) is 2.49. The summed E-state index contributed by atoms with van der Waals surface area (Å²) < 4.78 is 3.90. The van der Waals surface area contributed by atoms with Gasteiger partial charge in [0.15, 0.2) is 0 Å². The second-order valence-electron chi connectivity index (χ2n) is 2.66. The van der Waals surface area contributed by atoms with Crippen molar-refractivity contribution in [3.05, 3.63) is 23.5 Å². The number of carboxylic acids is 1. The molecule has 0 aliphatic heterocycles. The standard InChI is InChI=1S/C8H6N2O2S/c1-4-2-5(8(11)12)6-3-9-13-7(6)10-4/h2-3H,1H3,(H,11,12). The van der Waals surface area contributed by atoms with Crippen molar-refractivity contribution in [3.8, 4) is 0 Å². The number of hydrogen-bond acceptors (Lipinski definition) is 4. The number of nitrogens with zero attached hydrogens (tertiary/aromatic N) is 2. The Morgan fingerprint density at radius 1 is 1.62 bits per heavy atom. The molecule has 0 saturated heterocycles. The number of carbonyl (C=O) groups is 1. The Hall–Kier alpha value is -1.49. The van der Waals surface area contributed by atoms with Gasteiger partial charge in [-0.25, -0.2) is 9.78 Å². The van der Waals surface area contributed by atoms with E-state index < -0.39 is 5.97 Å². The first kappa shape index (κ1) is 8.12. The summed E-state index contributed by atoms with van der Waals surface area (Å²) in [4.78, 5) is 15.7. The summed E-state index contributed by atoms with van der Waals surface area (Å²) in [5.74, 6) is -0.935. The highest BCUT2D eigenvalue weighted by Crippen LogP contribution is 2.20. The molecule has 0 atom stereocenters. The minimum absolute atomic E-state index is 0.274. The molecule has 0 spiro atoms. The Labute approximate surface area is 78.0 Å². The van der Waals surface area contributed by atoms with Gasteiger partial charge in [-0.2, -0.15) is 4.37 Å². The molecule has 0 aliphatic carbocycles. The van der Waals surface area contributed by atoms with Crippen LogP contribution in [0.25, 0.3) is 10.2 Å². The van der Waals surface area contributed by atoms with Crippen molar-refractivity contribution in [1.82, 2.24) is 9.36 Å². The molecule has 4 nitrogen and oxygen atoms in total. The van der Waals surface area contributed by atoms with Crippen LogP contribution in [0.5, 0.6) is 0 Å². The van der Waals surface area contributed by atoms with Crippen LogP contribution < -0.4 is 0 Å². The van der Waals surface area contributed by atoms with E-state index in [1.165, 1.54) is 17.7 Å². The summed E-state index contributed by atoms with van der Waals surface area (Å²) in [6.07, 6.45) is 1.54. The minimum atomic E-state index is -0.935. The number of aromatic nitrogens is 2. The van der Waals surface area contributed by atoms with Crippen molar-refractivity contribution in [1.29, 1.82) is 0 Å². The maximum absolute atomic E-state index is 10.8. The Kier molecular flexibility index (Phi) is 1.73. The molecule has 2 aromatic rings. The number of hydrogen-bond donors (Lipinski definition) is 1. The van der Waals surface area contributed by atoms with Crippen LogP contribution in [-0.2, 0) is 0 Å². The molecule has 2 aromatic heterocycles. The molecule has 66 valence electrons. The molecule has 0 aromatic carbocycles. The fourth-order valence-corrected chi connectivity index (χ4v) is 1.86. The number of rotatable bonds is 1. The zero-order valence-corrected chi connectivity index (χ0v) is 7.63. The van der Waals surface area contributed by atoms with Gasteiger partial charge >= 0.3 is 5.97 Å². The number of aromatic carboxylic acids is 1. The van der Waals surface area contributed by atoms with Crippen molar-refractivity contribution < 1.29 is 9.90 Å². The predicted octanol–water partition coefficient (Wildman–Crippen LogP) is 1.70. The highest BCUT2D eigenvalue weighted by Gasteiger charge is 2.11. The van der Waals surface area contributed by atoms with Gasteiger partial charge < -0.3 is 5.11 Å². The summed E-state index contributed by atoms with van der Waals surface area (Å²) in [6, 6.07) is 1.55. The van der Waals surface area contributed by atoms with Crippen LogP contribution >= 0.6 is 11.5 Å². The average molecular weight is 194 g/mol. The lowest BCUT2D eigenvalue weighted by Gasteiger charge is -1.97. The van der Waals surface area contributed by atoms with Crippen molar-refractivity contribution in [2.45, 2.75) is 6.92 Å². The van der Waals surface area contributed by atoms with E-state index in [-0.39, 0.29) is 5.56 Å². The predicted molar refractivity (Wildman–Crippen MR) is 49.1 cm³/mol. The van der Waals surface area contributed by atoms with E-state index in [9.17, 15) is 4.79 Å². The van der Waals surface area contributed by atoms with Crippen LogP contribution in [0.1, 0.15) is 16.1 Å². The Bertz CT molecular complexity index is 478. The topological polar surface area (TPSA) is 63.1 Å². The highest BCUT2D eigenvalue weighted by atomic mass is 32.1. The molecule has 1 N–H and O–H groups in total. The first-order valence-electron chi connectivity index (χ1n) is 3.64. The molecule has 2 heterocycles. The lowest BCUT2D eigenvalue weighted by molar-refractivity contribution is 0.0699. The van der Waals surface area contributed by atoms with Crippen molar-refractivity contribution in [2.75, 3.05) is 0 Å². The van der Waals surface area contributed by atoms with Gasteiger partial charge in [-0.05, 0) is 24.5 Å². The molecule has 0 unspecified atom stereocenters. The summed E-state index contributed by atoms with van der Waals surface area (Å²) in [7, 11) is 0. The third-order valence-corrected chi connectivity index (χ3v) is 2.40. The first-order chi connectivity index (χ1) is 6.18. The summed E-state index contributed by atoms with van der Waals surface area (Å²) in [6.45, 7) is 1.77. The largest absolute Gasteiger partial charge is 0.478 e. The fraction of sp³-hybridized carbons (Fsp3) is 0.125. The molecule has 0 amide bonds. The number of pyridine rings is 1. The minimum Gasteiger partial charge on any atom is -0.478 e. The smallest absolute Gasteiger partial charge is 0.336 e. The van der Waals surface area contributed by atoms with E-state index in [0.717, 1.165) is 0 Å². The Balaban J connectivity index is 2.84. The van der Waals surface area contributed by atoms with E-state index in [0.29, 0.717) is 15.9 Å². The lowest BCUT2D eigenvalue weighted by Crippen LogP contribution is -1.98. The molecule has 0 bridgehead atoms. The number of carboxylic acid groups (broad SMARTS) is 1. The molecule has 0 radical (unpaired) electrons. The van der Waals surface area contributed by atoms with Gasteiger partial charge in [0.25, 0.3) is 0 Å². The van der Waals surface area contributed by atoms with E-state index in [1.807, 2.05) is 0 Å². The normalized spacial score (nSPS) is 10.5. The van der Waals surface area contributed by atoms with Crippen molar-refractivity contribution in [3.63, 3.8) is 0 Å². The zero-order valence-electron chi connectivity index (χ0n) is 6.81. The first-order valence-corrected chi connectivity index (χ1v) is 4.41. The fourth-order valence-electron chi connectivity index (χ4n) is 1.15. The lowest BCUT2D eigenvalue weighted by atomic mass is 10.2. The Morgan fingerprint density at radius 2 is 2.38 bits per heavy atom. The summed E-state index contributed by atoms with van der Waals surface area (Å²) in [5, 5.41) is 9.49. The number of aryl methyl sites for hydroxylation is 1. The van der Waals surface area contributed by atoms with E-state index in [4.69, 9.17) is 5.11 Å². The van der Waals surface area contributed by atoms with Crippen LogP contribution in [0.2, 0.25) is 0 Å². The molecule has 0 fully saturated rings. The maximum Gasteiger partial charge on any atom is 0.336 e. The van der Waals surface area contributed by atoms with Crippen LogP contribution in [0.4, 0.5) is 0 Å². The van der Waals surface area contributed by atoms with E-state index in [1.54, 1.807) is 13.0 Å². The second kappa shape index (κ2) is 2.77. The zero-order chi connectivity index (χ0) is 9.42. The van der Waals surface area contributed by atoms with Gasteiger partial charge in [-0.1, -0.05) is 0 Å². The molecule has 2 rings (SSSR count). The molecule has 0 aliphatic rings. The monoisotopic (exact) mass is 194 g/mol. The second-order valence-corrected chi connectivity index (χ2v) is 3.44. The molecule has 13 heavy (non-hydrogen) atoms. The van der Waals surface area contributed by atoms with Gasteiger partial charge in [0.05, 0.1) is 11.8 Å². The molecule has 0 saturated carbocycles. The molecular formula is C8H6N2O2S. The highest BCUT2D eigenvalue weighted by molar-refractivity contribution is 7.12. The SMILES string of the molecule is Cc1cc(C(=O)O)c2cnsc2n1. The van der Waals surface area contributed by atoms with Gasteiger partial charge in [0, 0.05) is 11.1 Å². The van der Waals surface area contributed by atoms with Gasteiger partial charge in [0.1, 0.15) is 4.83 Å². The van der Waals surface area contributed by atoms with Crippen LogP contribution in [0.15, 0.2) is 12.3 Å². The summed E-state index contributed by atoms with van der Waals surface area (Å²) >= 11 is 1.21. The van der Waals surface area contributed by atoms with E-state index >= 15 is 0 Å². The molecule has 5 heteroatoms. The molecular weight excluding hydrogens is 188 g/mol.